The fourth-order valence-electron chi connectivity index (χ4n) is 2.26. The zero-order chi connectivity index (χ0) is 14.7. The highest BCUT2D eigenvalue weighted by Crippen LogP contribution is 2.25. The molecular weight excluding hydrogens is 328 g/mol. The smallest absolute Gasteiger partial charge is 0.119 e. The van der Waals surface area contributed by atoms with E-state index in [4.69, 9.17) is 4.74 Å². The Labute approximate surface area is 132 Å². The first-order valence-electron chi connectivity index (χ1n) is 6.68. The van der Waals surface area contributed by atoms with Gasteiger partial charge in [-0.1, -0.05) is 22.0 Å². The zero-order valence-corrected chi connectivity index (χ0v) is 13.2. The van der Waals surface area contributed by atoms with Gasteiger partial charge in [0.05, 0.1) is 12.6 Å². The highest BCUT2D eigenvalue weighted by Gasteiger charge is 2.04. The van der Waals surface area contributed by atoms with Crippen molar-refractivity contribution in [3.8, 4) is 5.75 Å². The summed E-state index contributed by atoms with van der Waals surface area (Å²) in [5.41, 5.74) is 3.22. The van der Waals surface area contributed by atoms with Crippen molar-refractivity contribution in [2.75, 3.05) is 12.4 Å². The number of nitrogens with zero attached hydrogens (tertiary/aromatic N) is 1. The summed E-state index contributed by atoms with van der Waals surface area (Å²) in [6.07, 6.45) is 1.81. The summed E-state index contributed by atoms with van der Waals surface area (Å²) in [6.45, 7) is 0.714. The van der Waals surface area contributed by atoms with Gasteiger partial charge < -0.3 is 10.1 Å². The monoisotopic (exact) mass is 342 g/mol. The normalized spacial score (nSPS) is 10.6. The number of ether oxygens (including phenoxy) is 1. The zero-order valence-electron chi connectivity index (χ0n) is 11.6. The molecule has 0 aliphatic heterocycles. The van der Waals surface area contributed by atoms with Crippen molar-refractivity contribution in [2.45, 2.75) is 6.54 Å². The molecule has 0 spiro atoms. The van der Waals surface area contributed by atoms with E-state index < -0.39 is 0 Å². The molecule has 106 valence electrons. The summed E-state index contributed by atoms with van der Waals surface area (Å²) < 4.78 is 6.34. The third-order valence-electron chi connectivity index (χ3n) is 3.37. The van der Waals surface area contributed by atoms with Crippen LogP contribution in [0.25, 0.3) is 10.9 Å². The molecule has 1 heterocycles. The summed E-state index contributed by atoms with van der Waals surface area (Å²) in [4.78, 5) is 4.37. The minimum atomic E-state index is 0.714. The van der Waals surface area contributed by atoms with Gasteiger partial charge in [0.2, 0.25) is 0 Å². The first kappa shape index (κ1) is 13.9. The van der Waals surface area contributed by atoms with Crippen LogP contribution < -0.4 is 10.1 Å². The van der Waals surface area contributed by atoms with Gasteiger partial charge in [0, 0.05) is 28.3 Å². The first-order valence-corrected chi connectivity index (χ1v) is 7.47. The molecule has 0 fully saturated rings. The van der Waals surface area contributed by atoms with Crippen LogP contribution in [-0.2, 0) is 6.54 Å². The van der Waals surface area contributed by atoms with E-state index in [1.54, 1.807) is 7.11 Å². The average Bonchev–Trinajstić information content (AvgIpc) is 2.54. The summed E-state index contributed by atoms with van der Waals surface area (Å²) in [5, 5.41) is 4.59. The van der Waals surface area contributed by atoms with E-state index in [9.17, 15) is 0 Å². The number of pyridine rings is 1. The molecule has 3 nitrogen and oxygen atoms in total. The molecule has 0 radical (unpaired) electrons. The summed E-state index contributed by atoms with van der Waals surface area (Å²) in [7, 11) is 1.68. The molecule has 0 unspecified atom stereocenters. The number of anilines is 1. The van der Waals surface area contributed by atoms with Crippen LogP contribution in [0.2, 0.25) is 0 Å². The van der Waals surface area contributed by atoms with Gasteiger partial charge >= 0.3 is 0 Å². The number of halogens is 1. The second kappa shape index (κ2) is 6.14. The number of aromatic nitrogens is 1. The molecule has 21 heavy (non-hydrogen) atoms. The molecule has 0 aliphatic carbocycles. The van der Waals surface area contributed by atoms with Crippen molar-refractivity contribution < 1.29 is 4.74 Å². The van der Waals surface area contributed by atoms with Gasteiger partial charge in [0.15, 0.2) is 0 Å². The fourth-order valence-corrected chi connectivity index (χ4v) is 2.65. The number of hydrogen-bond donors (Lipinski definition) is 1. The lowest BCUT2D eigenvalue weighted by molar-refractivity contribution is 0.414. The maximum Gasteiger partial charge on any atom is 0.119 e. The van der Waals surface area contributed by atoms with E-state index >= 15 is 0 Å². The molecule has 1 aromatic heterocycles. The molecule has 3 rings (SSSR count). The molecular formula is C17H15BrN2O. The first-order chi connectivity index (χ1) is 10.3. The topological polar surface area (TPSA) is 34.1 Å². The van der Waals surface area contributed by atoms with Crippen LogP contribution in [0.3, 0.4) is 0 Å². The van der Waals surface area contributed by atoms with Crippen molar-refractivity contribution in [3.05, 3.63) is 64.8 Å². The Kier molecular flexibility index (Phi) is 4.06. The van der Waals surface area contributed by atoms with Gasteiger partial charge in [-0.2, -0.15) is 0 Å². The van der Waals surface area contributed by atoms with Gasteiger partial charge in [0.1, 0.15) is 5.75 Å². The molecule has 4 heteroatoms. The van der Waals surface area contributed by atoms with Crippen LogP contribution in [0.4, 0.5) is 5.69 Å². The third-order valence-corrected chi connectivity index (χ3v) is 4.14. The lowest BCUT2D eigenvalue weighted by atomic mass is 10.1. The summed E-state index contributed by atoms with van der Waals surface area (Å²) in [5.74, 6) is 0.856. The van der Waals surface area contributed by atoms with Crippen LogP contribution in [0, 0.1) is 0 Å². The van der Waals surface area contributed by atoms with Crippen LogP contribution in [0.5, 0.6) is 5.75 Å². The van der Waals surface area contributed by atoms with Crippen molar-refractivity contribution in [1.82, 2.24) is 4.98 Å². The van der Waals surface area contributed by atoms with E-state index in [0.717, 1.165) is 32.4 Å². The Morgan fingerprint density at radius 3 is 2.90 bits per heavy atom. The van der Waals surface area contributed by atoms with E-state index in [0.29, 0.717) is 6.54 Å². The number of benzene rings is 2. The summed E-state index contributed by atoms with van der Waals surface area (Å²) >= 11 is 3.58. The highest BCUT2D eigenvalue weighted by molar-refractivity contribution is 9.10. The Morgan fingerprint density at radius 2 is 2.05 bits per heavy atom. The fraction of sp³-hybridized carbons (Fsp3) is 0.118. The van der Waals surface area contributed by atoms with Gasteiger partial charge in [-0.3, -0.25) is 4.98 Å². The van der Waals surface area contributed by atoms with Crippen LogP contribution in [-0.4, -0.2) is 12.1 Å². The van der Waals surface area contributed by atoms with Crippen molar-refractivity contribution in [1.29, 1.82) is 0 Å². The predicted molar refractivity (Wildman–Crippen MR) is 89.8 cm³/mol. The maximum atomic E-state index is 5.27. The van der Waals surface area contributed by atoms with Gasteiger partial charge in [-0.15, -0.1) is 0 Å². The number of hydrogen-bond acceptors (Lipinski definition) is 3. The average molecular weight is 343 g/mol. The molecule has 1 N–H and O–H groups in total. The Morgan fingerprint density at radius 1 is 1.14 bits per heavy atom. The van der Waals surface area contributed by atoms with Crippen molar-refractivity contribution in [2.24, 2.45) is 0 Å². The molecule has 0 saturated heterocycles. The SMILES string of the molecule is COc1ccc(Br)c(CNc2cccc3ncccc23)c1. The molecule has 3 aromatic rings. The maximum absolute atomic E-state index is 5.27. The lowest BCUT2D eigenvalue weighted by Crippen LogP contribution is -2.01. The quantitative estimate of drug-likeness (QED) is 0.751. The van der Waals surface area contributed by atoms with E-state index in [-0.39, 0.29) is 0 Å². The van der Waals surface area contributed by atoms with Gasteiger partial charge in [-0.25, -0.2) is 0 Å². The molecule has 0 saturated carbocycles. The minimum absolute atomic E-state index is 0.714. The standard InChI is InChI=1S/C17H15BrN2O/c1-21-13-7-8-15(18)12(10-13)11-20-17-6-2-5-16-14(17)4-3-9-19-16/h2-10,20H,11H2,1H3. The molecule has 0 aliphatic rings. The minimum Gasteiger partial charge on any atom is -0.497 e. The van der Waals surface area contributed by atoms with Gasteiger partial charge in [0.25, 0.3) is 0 Å². The highest BCUT2D eigenvalue weighted by atomic mass is 79.9. The van der Waals surface area contributed by atoms with E-state index in [2.05, 4.69) is 38.4 Å². The molecule has 0 bridgehead atoms. The molecule has 2 aromatic carbocycles. The van der Waals surface area contributed by atoms with Gasteiger partial charge in [-0.05, 0) is 48.0 Å². The Hall–Kier alpha value is -2.07. The Bertz CT molecular complexity index is 768. The summed E-state index contributed by atoms with van der Waals surface area (Å²) in [6, 6.07) is 16.1. The third kappa shape index (κ3) is 3.00. The largest absolute Gasteiger partial charge is 0.497 e. The van der Waals surface area contributed by atoms with Crippen LogP contribution in [0.1, 0.15) is 5.56 Å². The van der Waals surface area contributed by atoms with E-state index in [1.807, 2.05) is 42.6 Å². The van der Waals surface area contributed by atoms with E-state index in [1.165, 1.54) is 0 Å². The van der Waals surface area contributed by atoms with Crippen molar-refractivity contribution in [3.63, 3.8) is 0 Å². The second-order valence-corrected chi connectivity index (χ2v) is 5.54. The lowest BCUT2D eigenvalue weighted by Gasteiger charge is -2.11. The Balaban J connectivity index is 1.87. The number of methoxy groups -OCH3 is 1. The molecule has 0 amide bonds. The molecule has 0 atom stereocenters. The predicted octanol–water partition coefficient (Wildman–Crippen LogP) is 4.62. The van der Waals surface area contributed by atoms with Crippen molar-refractivity contribution >= 4 is 32.5 Å². The van der Waals surface area contributed by atoms with Crippen LogP contribution >= 0.6 is 15.9 Å². The van der Waals surface area contributed by atoms with Crippen LogP contribution in [0.15, 0.2) is 59.2 Å². The number of nitrogens with one attached hydrogen (secondary N) is 1. The second-order valence-electron chi connectivity index (χ2n) is 4.69. The number of rotatable bonds is 4. The number of fused-ring (bicyclic) bond motifs is 1.